The number of ketones is 1. The van der Waals surface area contributed by atoms with Crippen LogP contribution in [0.15, 0.2) is 53.5 Å². The van der Waals surface area contributed by atoms with Gasteiger partial charge in [-0.25, -0.2) is 0 Å². The summed E-state index contributed by atoms with van der Waals surface area (Å²) in [4.78, 5) is 15.2. The standard InChI is InChI=1S/C21H21N3O2/c22-24-12-19(14-5-8-23-7-1-2-17(23)10-14)18-11-15(3-4-20(18)24)21(25)16-6-9-26-13-16/h3-6,9,11-13,17H,1-2,7-8,10,22H2. The summed E-state index contributed by atoms with van der Waals surface area (Å²) in [5.74, 6) is 6.16. The fourth-order valence-electron chi connectivity index (χ4n) is 4.36. The van der Waals surface area contributed by atoms with Gasteiger partial charge in [0.2, 0.25) is 0 Å². The molecular formula is C21H21N3O2. The maximum Gasteiger partial charge on any atom is 0.196 e. The maximum atomic E-state index is 12.7. The van der Waals surface area contributed by atoms with Crippen LogP contribution in [0, 0.1) is 0 Å². The Kier molecular flexibility index (Phi) is 3.50. The number of hydrogen-bond acceptors (Lipinski definition) is 4. The lowest BCUT2D eigenvalue weighted by Gasteiger charge is -2.29. The predicted molar refractivity (Wildman–Crippen MR) is 101 cm³/mol. The number of hydrogen-bond donors (Lipinski definition) is 1. The van der Waals surface area contributed by atoms with E-state index >= 15 is 0 Å². The zero-order valence-corrected chi connectivity index (χ0v) is 14.5. The monoisotopic (exact) mass is 347 g/mol. The molecule has 0 spiro atoms. The minimum absolute atomic E-state index is 0.0315. The number of nitrogens with zero attached hydrogens (tertiary/aromatic N) is 2. The Balaban J connectivity index is 1.57. The molecule has 1 unspecified atom stereocenters. The molecule has 2 N–H and O–H groups in total. The number of fused-ring (bicyclic) bond motifs is 2. The summed E-state index contributed by atoms with van der Waals surface area (Å²) < 4.78 is 6.71. The van der Waals surface area contributed by atoms with Gasteiger partial charge >= 0.3 is 0 Å². The largest absolute Gasteiger partial charge is 0.472 e. The van der Waals surface area contributed by atoms with Gasteiger partial charge in [0.15, 0.2) is 5.78 Å². The molecule has 1 fully saturated rings. The summed E-state index contributed by atoms with van der Waals surface area (Å²) in [6.45, 7) is 2.21. The fraction of sp³-hybridized carbons (Fsp3) is 0.286. The van der Waals surface area contributed by atoms with Crippen LogP contribution < -0.4 is 5.84 Å². The molecular weight excluding hydrogens is 326 g/mol. The fourth-order valence-corrected chi connectivity index (χ4v) is 4.36. The van der Waals surface area contributed by atoms with E-state index in [2.05, 4.69) is 11.0 Å². The number of nitrogen functional groups attached to an aromatic ring is 1. The first-order chi connectivity index (χ1) is 12.7. The van der Waals surface area contributed by atoms with Gasteiger partial charge in [-0.05, 0) is 55.6 Å². The van der Waals surface area contributed by atoms with E-state index in [9.17, 15) is 4.79 Å². The zero-order valence-electron chi connectivity index (χ0n) is 14.5. The Hall–Kier alpha value is -2.79. The molecule has 0 amide bonds. The molecule has 2 aliphatic heterocycles. The Morgan fingerprint density at radius 3 is 3.00 bits per heavy atom. The third-order valence-electron chi connectivity index (χ3n) is 5.75. The molecule has 2 aliphatic rings. The van der Waals surface area contributed by atoms with Crippen LogP contribution in [0.2, 0.25) is 0 Å². The van der Waals surface area contributed by atoms with Crippen molar-refractivity contribution in [3.8, 4) is 0 Å². The minimum Gasteiger partial charge on any atom is -0.472 e. The second-order valence-corrected chi connectivity index (χ2v) is 7.25. The topological polar surface area (TPSA) is 64.4 Å². The van der Waals surface area contributed by atoms with Gasteiger partial charge in [0.1, 0.15) is 6.26 Å². The zero-order chi connectivity index (χ0) is 17.7. The van der Waals surface area contributed by atoms with Crippen LogP contribution in [0.5, 0.6) is 0 Å². The third kappa shape index (κ3) is 2.39. The van der Waals surface area contributed by atoms with Crippen molar-refractivity contribution < 1.29 is 9.21 Å². The number of furan rings is 1. The number of rotatable bonds is 3. The lowest BCUT2D eigenvalue weighted by atomic mass is 9.93. The van der Waals surface area contributed by atoms with Gasteiger partial charge in [0.25, 0.3) is 0 Å². The highest BCUT2D eigenvalue weighted by molar-refractivity contribution is 6.11. The Morgan fingerprint density at radius 2 is 2.15 bits per heavy atom. The summed E-state index contributed by atoms with van der Waals surface area (Å²) in [7, 11) is 0. The molecule has 1 aromatic carbocycles. The molecule has 3 aromatic rings. The van der Waals surface area contributed by atoms with Gasteiger partial charge in [-0.15, -0.1) is 0 Å². The summed E-state index contributed by atoms with van der Waals surface area (Å²) in [6, 6.07) is 8.06. The van der Waals surface area contributed by atoms with Crippen molar-refractivity contribution in [2.75, 3.05) is 18.9 Å². The van der Waals surface area contributed by atoms with Crippen LogP contribution in [0.25, 0.3) is 16.5 Å². The first kappa shape index (κ1) is 15.5. The van der Waals surface area contributed by atoms with Gasteiger partial charge in [0.05, 0.1) is 17.3 Å². The first-order valence-corrected chi connectivity index (χ1v) is 9.11. The van der Waals surface area contributed by atoms with Crippen LogP contribution >= 0.6 is 0 Å². The van der Waals surface area contributed by atoms with E-state index in [1.807, 2.05) is 24.4 Å². The van der Waals surface area contributed by atoms with Crippen molar-refractivity contribution in [3.63, 3.8) is 0 Å². The van der Waals surface area contributed by atoms with Crippen LogP contribution in [0.4, 0.5) is 0 Å². The van der Waals surface area contributed by atoms with Gasteiger partial charge in [0, 0.05) is 35.3 Å². The van der Waals surface area contributed by atoms with E-state index in [1.165, 1.54) is 37.5 Å². The van der Waals surface area contributed by atoms with Crippen LogP contribution in [0.3, 0.4) is 0 Å². The highest BCUT2D eigenvalue weighted by atomic mass is 16.3. The lowest BCUT2D eigenvalue weighted by Crippen LogP contribution is -2.32. The third-order valence-corrected chi connectivity index (χ3v) is 5.75. The van der Waals surface area contributed by atoms with Crippen LogP contribution in [-0.2, 0) is 0 Å². The quantitative estimate of drug-likeness (QED) is 0.582. The Labute approximate surface area is 151 Å². The van der Waals surface area contributed by atoms with Gasteiger partial charge in [-0.1, -0.05) is 6.08 Å². The summed E-state index contributed by atoms with van der Waals surface area (Å²) in [5, 5.41) is 1.04. The Bertz CT molecular complexity index is 1010. The molecule has 1 saturated heterocycles. The van der Waals surface area contributed by atoms with E-state index in [1.54, 1.807) is 10.7 Å². The second kappa shape index (κ2) is 5.88. The van der Waals surface area contributed by atoms with E-state index in [4.69, 9.17) is 10.3 Å². The number of carbonyl (C=O) groups excluding carboxylic acids is 1. The van der Waals surface area contributed by atoms with Crippen molar-refractivity contribution in [2.24, 2.45) is 0 Å². The smallest absolute Gasteiger partial charge is 0.196 e. The molecule has 5 nitrogen and oxygen atoms in total. The summed E-state index contributed by atoms with van der Waals surface area (Å²) in [5.41, 5.74) is 4.66. The minimum atomic E-state index is -0.0315. The molecule has 2 aromatic heterocycles. The number of benzene rings is 1. The maximum absolute atomic E-state index is 12.7. The molecule has 4 heterocycles. The molecule has 5 rings (SSSR count). The molecule has 0 radical (unpaired) electrons. The SMILES string of the molecule is Nn1cc(C2=CCN3CCCC3C2)c2cc(C(=O)c3ccoc3)ccc21. The number of carbonyl (C=O) groups is 1. The van der Waals surface area contributed by atoms with Gasteiger partial charge < -0.3 is 10.3 Å². The van der Waals surface area contributed by atoms with E-state index < -0.39 is 0 Å². The molecule has 0 aliphatic carbocycles. The van der Waals surface area contributed by atoms with Crippen molar-refractivity contribution in [1.82, 2.24) is 9.58 Å². The summed E-state index contributed by atoms with van der Waals surface area (Å²) >= 11 is 0. The van der Waals surface area contributed by atoms with E-state index in [0.29, 0.717) is 17.2 Å². The average Bonchev–Trinajstić information content (AvgIpc) is 3.40. The molecule has 1 atom stereocenters. The molecule has 26 heavy (non-hydrogen) atoms. The van der Waals surface area contributed by atoms with Crippen molar-refractivity contribution in [3.05, 3.63) is 65.8 Å². The second-order valence-electron chi connectivity index (χ2n) is 7.25. The summed E-state index contributed by atoms with van der Waals surface area (Å²) in [6.07, 6.45) is 10.9. The van der Waals surface area contributed by atoms with E-state index in [-0.39, 0.29) is 5.78 Å². The Morgan fingerprint density at radius 1 is 1.23 bits per heavy atom. The highest BCUT2D eigenvalue weighted by Gasteiger charge is 2.29. The molecule has 132 valence electrons. The van der Waals surface area contributed by atoms with Crippen molar-refractivity contribution in [1.29, 1.82) is 0 Å². The lowest BCUT2D eigenvalue weighted by molar-refractivity contribution is 0.103. The number of aromatic nitrogens is 1. The van der Waals surface area contributed by atoms with Gasteiger partial charge in [-0.2, -0.15) is 0 Å². The molecule has 0 saturated carbocycles. The molecule has 0 bridgehead atoms. The number of nitrogens with two attached hydrogens (primary N) is 1. The van der Waals surface area contributed by atoms with E-state index in [0.717, 1.165) is 29.4 Å². The predicted octanol–water partition coefficient (Wildman–Crippen LogP) is 3.43. The van der Waals surface area contributed by atoms with Gasteiger partial charge in [-0.3, -0.25) is 14.4 Å². The average molecular weight is 347 g/mol. The normalized spacial score (nSPS) is 20.3. The van der Waals surface area contributed by atoms with Crippen molar-refractivity contribution in [2.45, 2.75) is 25.3 Å². The van der Waals surface area contributed by atoms with Crippen molar-refractivity contribution >= 4 is 22.3 Å². The van der Waals surface area contributed by atoms with Crippen LogP contribution in [0.1, 0.15) is 40.7 Å². The highest BCUT2D eigenvalue weighted by Crippen LogP contribution is 2.36. The first-order valence-electron chi connectivity index (χ1n) is 9.11. The van der Waals surface area contributed by atoms with Crippen LogP contribution in [-0.4, -0.2) is 34.5 Å². The molecule has 5 heteroatoms.